The minimum atomic E-state index is -0.284. The van der Waals surface area contributed by atoms with Gasteiger partial charge in [0.25, 0.3) is 0 Å². The van der Waals surface area contributed by atoms with Gasteiger partial charge in [-0.2, -0.15) is 0 Å². The molecule has 2 atom stereocenters. The molecule has 0 saturated carbocycles. The van der Waals surface area contributed by atoms with Crippen molar-refractivity contribution in [2.75, 3.05) is 13.7 Å². The fraction of sp³-hybridized carbons (Fsp3) is 0.400. The molecule has 3 aromatic rings. The Hall–Kier alpha value is -2.64. The largest absolute Gasteiger partial charge is 0.497 e. The number of rotatable bonds is 8. The van der Waals surface area contributed by atoms with Crippen LogP contribution >= 0.6 is 11.8 Å². The number of hydrogen-bond acceptors (Lipinski definition) is 6. The van der Waals surface area contributed by atoms with E-state index in [0.29, 0.717) is 6.54 Å². The maximum Gasteiger partial charge on any atom is 0.192 e. The molecule has 1 fully saturated rings. The van der Waals surface area contributed by atoms with Gasteiger partial charge in [0.2, 0.25) is 0 Å². The number of methoxy groups -OCH3 is 1. The number of nitrogens with zero attached hydrogens (tertiary/aromatic N) is 3. The van der Waals surface area contributed by atoms with Gasteiger partial charge in [-0.15, -0.1) is 10.2 Å². The number of ether oxygens (including phenoxy) is 2. The number of carbonyl (C=O) groups is 1. The lowest BCUT2D eigenvalue weighted by molar-refractivity contribution is 0.0953. The Morgan fingerprint density at radius 1 is 1.19 bits per heavy atom. The SMILES string of the molecule is COc1ccc(-c2nnc(SC(C)C(=O)c3ccc(C)c(C)c3)n2CC2CCCO2)cc1. The molecule has 0 aliphatic carbocycles. The molecule has 0 spiro atoms. The molecule has 1 aliphatic rings. The first kappa shape index (κ1) is 22.6. The topological polar surface area (TPSA) is 66.2 Å². The van der Waals surface area contributed by atoms with Crippen LogP contribution < -0.4 is 4.74 Å². The van der Waals surface area contributed by atoms with Gasteiger partial charge in [0.1, 0.15) is 5.75 Å². The number of carbonyl (C=O) groups excluding carboxylic acids is 1. The van der Waals surface area contributed by atoms with Crippen LogP contribution in [0, 0.1) is 13.8 Å². The quantitative estimate of drug-likeness (QED) is 0.350. The van der Waals surface area contributed by atoms with Crippen LogP contribution in [0.2, 0.25) is 0 Å². The lowest BCUT2D eigenvalue weighted by atomic mass is 10.0. The van der Waals surface area contributed by atoms with E-state index < -0.39 is 0 Å². The minimum Gasteiger partial charge on any atom is -0.497 e. The molecule has 6 nitrogen and oxygen atoms in total. The zero-order valence-electron chi connectivity index (χ0n) is 19.0. The van der Waals surface area contributed by atoms with Gasteiger partial charge < -0.3 is 9.47 Å². The summed E-state index contributed by atoms with van der Waals surface area (Å²) in [5, 5.41) is 9.39. The third-order valence-corrected chi connectivity index (χ3v) is 7.00. The molecule has 7 heteroatoms. The van der Waals surface area contributed by atoms with Crippen LogP contribution in [-0.4, -0.2) is 45.6 Å². The first-order valence-electron chi connectivity index (χ1n) is 10.9. The van der Waals surface area contributed by atoms with Gasteiger partial charge in [0.15, 0.2) is 16.8 Å². The number of hydrogen-bond donors (Lipinski definition) is 0. The van der Waals surface area contributed by atoms with Gasteiger partial charge in [-0.25, -0.2) is 0 Å². The highest BCUT2D eigenvalue weighted by Crippen LogP contribution is 2.31. The van der Waals surface area contributed by atoms with Crippen molar-refractivity contribution in [3.63, 3.8) is 0 Å². The summed E-state index contributed by atoms with van der Waals surface area (Å²) in [5.41, 5.74) is 3.99. The molecule has 0 N–H and O–H groups in total. The van der Waals surface area contributed by atoms with Gasteiger partial charge in [-0.3, -0.25) is 9.36 Å². The average molecular weight is 452 g/mol. The smallest absolute Gasteiger partial charge is 0.192 e. The van der Waals surface area contributed by atoms with Crippen molar-refractivity contribution < 1.29 is 14.3 Å². The molecule has 1 saturated heterocycles. The predicted octanol–water partition coefficient (Wildman–Crippen LogP) is 5.11. The molecular formula is C25H29N3O3S. The molecule has 168 valence electrons. The minimum absolute atomic E-state index is 0.0933. The van der Waals surface area contributed by atoms with E-state index in [4.69, 9.17) is 9.47 Å². The Morgan fingerprint density at radius 2 is 1.97 bits per heavy atom. The Morgan fingerprint density at radius 3 is 2.62 bits per heavy atom. The lowest BCUT2D eigenvalue weighted by Gasteiger charge is -2.16. The predicted molar refractivity (Wildman–Crippen MR) is 127 cm³/mol. The van der Waals surface area contributed by atoms with Gasteiger partial charge >= 0.3 is 0 Å². The number of Topliss-reactive ketones (excluding diaryl/α,β-unsaturated/α-hetero) is 1. The van der Waals surface area contributed by atoms with Crippen molar-refractivity contribution in [3.05, 3.63) is 59.2 Å². The highest BCUT2D eigenvalue weighted by molar-refractivity contribution is 8.00. The Labute approximate surface area is 193 Å². The van der Waals surface area contributed by atoms with E-state index >= 15 is 0 Å². The fourth-order valence-corrected chi connectivity index (χ4v) is 4.76. The molecule has 1 aromatic heterocycles. The molecule has 2 unspecified atom stereocenters. The van der Waals surface area contributed by atoms with Crippen LogP contribution in [0.4, 0.5) is 0 Å². The number of thioether (sulfide) groups is 1. The summed E-state index contributed by atoms with van der Waals surface area (Å²) < 4.78 is 13.3. The zero-order valence-corrected chi connectivity index (χ0v) is 19.8. The Balaban J connectivity index is 1.61. The van der Waals surface area contributed by atoms with E-state index in [-0.39, 0.29) is 17.1 Å². The van der Waals surface area contributed by atoms with E-state index in [0.717, 1.165) is 52.9 Å². The molecule has 1 aliphatic heterocycles. The zero-order chi connectivity index (χ0) is 22.7. The summed E-state index contributed by atoms with van der Waals surface area (Å²) >= 11 is 1.45. The first-order chi connectivity index (χ1) is 15.5. The summed E-state index contributed by atoms with van der Waals surface area (Å²) in [6, 6.07) is 13.7. The average Bonchev–Trinajstić information content (AvgIpc) is 3.46. The van der Waals surface area contributed by atoms with Crippen molar-refractivity contribution in [2.24, 2.45) is 0 Å². The molecule has 0 bridgehead atoms. The van der Waals surface area contributed by atoms with Crippen LogP contribution in [0.3, 0.4) is 0 Å². The normalized spacial score (nSPS) is 16.8. The second-order valence-corrected chi connectivity index (χ2v) is 9.51. The molecular weight excluding hydrogens is 422 g/mol. The van der Waals surface area contributed by atoms with E-state index in [1.165, 1.54) is 17.3 Å². The van der Waals surface area contributed by atoms with Gasteiger partial charge in [0, 0.05) is 17.7 Å². The summed E-state index contributed by atoms with van der Waals surface area (Å²) in [6.07, 6.45) is 2.21. The van der Waals surface area contributed by atoms with Crippen LogP contribution in [0.25, 0.3) is 11.4 Å². The maximum atomic E-state index is 13.1. The summed E-state index contributed by atoms with van der Waals surface area (Å²) in [4.78, 5) is 13.1. The van der Waals surface area contributed by atoms with Crippen LogP contribution in [0.15, 0.2) is 47.6 Å². The molecule has 0 amide bonds. The monoisotopic (exact) mass is 451 g/mol. The van der Waals surface area contributed by atoms with E-state index in [1.54, 1.807) is 7.11 Å². The van der Waals surface area contributed by atoms with Crippen molar-refractivity contribution in [2.45, 2.75) is 56.7 Å². The molecule has 0 radical (unpaired) electrons. The van der Waals surface area contributed by atoms with Crippen LogP contribution in [0.1, 0.15) is 41.3 Å². The first-order valence-corrected chi connectivity index (χ1v) is 11.8. The maximum absolute atomic E-state index is 13.1. The summed E-state index contributed by atoms with van der Waals surface area (Å²) in [7, 11) is 1.65. The van der Waals surface area contributed by atoms with E-state index in [2.05, 4.69) is 21.7 Å². The third kappa shape index (κ3) is 4.89. The second-order valence-electron chi connectivity index (χ2n) is 8.20. The summed E-state index contributed by atoms with van der Waals surface area (Å²) in [6.45, 7) is 7.47. The van der Waals surface area contributed by atoms with E-state index in [9.17, 15) is 4.79 Å². The standard InChI is InChI=1S/C25H29N3O3S/c1-16-7-8-20(14-17(16)2)23(29)18(3)32-25-27-26-24(19-9-11-21(30-4)12-10-19)28(25)15-22-6-5-13-31-22/h7-12,14,18,22H,5-6,13,15H2,1-4H3. The van der Waals surface area contributed by atoms with Gasteiger partial charge in [-0.05, 0) is 75.1 Å². The lowest BCUT2D eigenvalue weighted by Crippen LogP contribution is -2.19. The molecule has 32 heavy (non-hydrogen) atoms. The molecule has 4 rings (SSSR count). The number of aryl methyl sites for hydroxylation is 2. The van der Waals surface area contributed by atoms with Crippen molar-refractivity contribution in [3.8, 4) is 17.1 Å². The summed E-state index contributed by atoms with van der Waals surface area (Å²) in [5.74, 6) is 1.66. The number of aromatic nitrogens is 3. The van der Waals surface area contributed by atoms with Crippen molar-refractivity contribution in [1.29, 1.82) is 0 Å². The fourth-order valence-electron chi connectivity index (χ4n) is 3.83. The Kier molecular flexibility index (Phi) is 6.96. The number of ketones is 1. The van der Waals surface area contributed by atoms with Crippen LogP contribution in [-0.2, 0) is 11.3 Å². The van der Waals surface area contributed by atoms with Gasteiger partial charge in [0.05, 0.1) is 25.0 Å². The van der Waals surface area contributed by atoms with Crippen LogP contribution in [0.5, 0.6) is 5.75 Å². The second kappa shape index (κ2) is 9.88. The Bertz CT molecular complexity index is 1090. The van der Waals surface area contributed by atoms with Crippen molar-refractivity contribution in [1.82, 2.24) is 14.8 Å². The van der Waals surface area contributed by atoms with Gasteiger partial charge in [-0.1, -0.05) is 23.9 Å². The molecule has 2 heterocycles. The van der Waals surface area contributed by atoms with Crippen molar-refractivity contribution >= 4 is 17.5 Å². The van der Waals surface area contributed by atoms with E-state index in [1.807, 2.05) is 56.3 Å². The highest BCUT2D eigenvalue weighted by atomic mass is 32.2. The third-order valence-electron chi connectivity index (χ3n) is 5.92. The number of benzene rings is 2. The molecule has 2 aromatic carbocycles. The highest BCUT2D eigenvalue weighted by Gasteiger charge is 2.25.